The van der Waals surface area contributed by atoms with Gasteiger partial charge in [-0.05, 0) is 24.3 Å². The van der Waals surface area contributed by atoms with E-state index in [1.54, 1.807) is 11.3 Å². The van der Waals surface area contributed by atoms with Gasteiger partial charge in [0.15, 0.2) is 0 Å². The van der Waals surface area contributed by atoms with E-state index in [1.807, 2.05) is 29.6 Å². The molecule has 0 bridgehead atoms. The summed E-state index contributed by atoms with van der Waals surface area (Å²) >= 11 is 1.55. The maximum absolute atomic E-state index is 10.9. The summed E-state index contributed by atoms with van der Waals surface area (Å²) in [6.45, 7) is 1.60. The zero-order valence-corrected chi connectivity index (χ0v) is 10.8. The number of nitrogens with zero attached hydrogens (tertiary/aromatic N) is 1. The largest absolute Gasteiger partial charge is 0.396 e. The lowest BCUT2D eigenvalue weighted by Crippen LogP contribution is -2.05. The summed E-state index contributed by atoms with van der Waals surface area (Å²) in [5.41, 5.74) is 2.69. The maximum atomic E-state index is 10.9. The fourth-order valence-corrected chi connectivity index (χ4v) is 2.43. The Morgan fingerprint density at radius 2 is 2.11 bits per heavy atom. The van der Waals surface area contributed by atoms with Gasteiger partial charge in [0.1, 0.15) is 5.01 Å². The molecule has 0 fully saturated rings. The lowest BCUT2D eigenvalue weighted by Gasteiger charge is -2.02. The molecule has 5 heteroatoms. The first-order valence-corrected chi connectivity index (χ1v) is 6.50. The predicted octanol–water partition coefficient (Wildman–Crippen LogP) is 2.30. The topological polar surface area (TPSA) is 62.2 Å². The van der Waals surface area contributed by atoms with Gasteiger partial charge in [0.05, 0.1) is 5.69 Å². The first-order chi connectivity index (χ1) is 8.69. The van der Waals surface area contributed by atoms with Crippen molar-refractivity contribution in [2.75, 3.05) is 11.9 Å². The Kier molecular flexibility index (Phi) is 4.07. The molecule has 0 saturated carbocycles. The molecule has 0 aliphatic heterocycles. The Hall–Kier alpha value is -1.72. The van der Waals surface area contributed by atoms with E-state index < -0.39 is 0 Å². The number of aliphatic hydroxyl groups is 1. The number of hydrogen-bond acceptors (Lipinski definition) is 4. The average molecular weight is 262 g/mol. The molecule has 2 aromatic rings. The second-order valence-corrected chi connectivity index (χ2v) is 4.73. The van der Waals surface area contributed by atoms with Crippen LogP contribution in [0.15, 0.2) is 29.6 Å². The number of carbonyl (C=O) groups is 1. The Morgan fingerprint density at radius 3 is 2.72 bits per heavy atom. The highest BCUT2D eigenvalue weighted by atomic mass is 32.1. The third-order valence-electron chi connectivity index (χ3n) is 2.37. The molecule has 1 heterocycles. The first kappa shape index (κ1) is 12.7. The van der Waals surface area contributed by atoms with Crippen LogP contribution < -0.4 is 5.32 Å². The van der Waals surface area contributed by atoms with Crippen molar-refractivity contribution in [1.29, 1.82) is 0 Å². The number of carbonyl (C=O) groups excluding carboxylic acids is 1. The van der Waals surface area contributed by atoms with Crippen LogP contribution in [-0.2, 0) is 11.2 Å². The van der Waals surface area contributed by atoms with E-state index in [2.05, 4.69) is 10.3 Å². The van der Waals surface area contributed by atoms with Crippen molar-refractivity contribution in [2.45, 2.75) is 13.3 Å². The van der Waals surface area contributed by atoms with Crippen LogP contribution in [0.25, 0.3) is 10.6 Å². The van der Waals surface area contributed by atoms with Crippen molar-refractivity contribution in [3.63, 3.8) is 0 Å². The van der Waals surface area contributed by atoms with E-state index in [9.17, 15) is 4.79 Å². The number of hydrogen-bond donors (Lipinski definition) is 2. The molecule has 0 aliphatic carbocycles. The Morgan fingerprint density at radius 1 is 1.39 bits per heavy atom. The highest BCUT2D eigenvalue weighted by Gasteiger charge is 2.04. The summed E-state index contributed by atoms with van der Waals surface area (Å²) in [4.78, 5) is 15.3. The highest BCUT2D eigenvalue weighted by molar-refractivity contribution is 7.13. The summed E-state index contributed by atoms with van der Waals surface area (Å²) in [5, 5.41) is 14.4. The predicted molar refractivity (Wildman–Crippen MR) is 72.6 cm³/mol. The minimum absolute atomic E-state index is 0.0813. The molecule has 0 saturated heterocycles. The van der Waals surface area contributed by atoms with Crippen LogP contribution in [0.4, 0.5) is 5.69 Å². The number of thiazole rings is 1. The molecule has 4 nitrogen and oxygen atoms in total. The third kappa shape index (κ3) is 3.15. The second kappa shape index (κ2) is 5.75. The molecule has 2 N–H and O–H groups in total. The molecule has 18 heavy (non-hydrogen) atoms. The number of nitrogens with one attached hydrogen (secondary N) is 1. The minimum atomic E-state index is -0.0813. The Bertz CT molecular complexity index is 534. The van der Waals surface area contributed by atoms with Crippen molar-refractivity contribution in [3.05, 3.63) is 35.3 Å². The van der Waals surface area contributed by atoms with E-state index in [0.29, 0.717) is 6.42 Å². The van der Waals surface area contributed by atoms with Crippen LogP contribution in [0.3, 0.4) is 0 Å². The summed E-state index contributed by atoms with van der Waals surface area (Å²) in [5.74, 6) is -0.0813. The second-order valence-electron chi connectivity index (χ2n) is 3.88. The summed E-state index contributed by atoms with van der Waals surface area (Å²) in [6.07, 6.45) is 0.584. The summed E-state index contributed by atoms with van der Waals surface area (Å²) < 4.78 is 0. The molecule has 0 atom stereocenters. The lowest BCUT2D eigenvalue weighted by molar-refractivity contribution is -0.114. The van der Waals surface area contributed by atoms with Crippen molar-refractivity contribution < 1.29 is 9.90 Å². The standard InChI is InChI=1S/C13H14N2O2S/c1-9(17)14-11-4-2-10(3-5-11)13-15-12(6-7-16)8-18-13/h2-5,8,16H,6-7H2,1H3,(H,14,17). The van der Waals surface area contributed by atoms with Crippen molar-refractivity contribution in [1.82, 2.24) is 4.98 Å². The van der Waals surface area contributed by atoms with Crippen LogP contribution in [0, 0.1) is 0 Å². The third-order valence-corrected chi connectivity index (χ3v) is 3.31. The van der Waals surface area contributed by atoms with Crippen LogP contribution >= 0.6 is 11.3 Å². The maximum Gasteiger partial charge on any atom is 0.221 e. The molecule has 0 radical (unpaired) electrons. The number of benzene rings is 1. The molecule has 0 spiro atoms. The minimum Gasteiger partial charge on any atom is -0.396 e. The Balaban J connectivity index is 2.15. The molecule has 0 unspecified atom stereocenters. The average Bonchev–Trinajstić information content (AvgIpc) is 2.78. The van der Waals surface area contributed by atoms with Gasteiger partial charge in [0.25, 0.3) is 0 Å². The number of aliphatic hydroxyl groups excluding tert-OH is 1. The van der Waals surface area contributed by atoms with E-state index in [4.69, 9.17) is 5.11 Å². The van der Waals surface area contributed by atoms with Crippen molar-refractivity contribution in [3.8, 4) is 10.6 Å². The fraction of sp³-hybridized carbons (Fsp3) is 0.231. The molecule has 1 aromatic heterocycles. The van der Waals surface area contributed by atoms with E-state index in [1.165, 1.54) is 6.92 Å². The normalized spacial score (nSPS) is 10.3. The molecular weight excluding hydrogens is 248 g/mol. The quantitative estimate of drug-likeness (QED) is 0.888. The van der Waals surface area contributed by atoms with Gasteiger partial charge >= 0.3 is 0 Å². The fourth-order valence-electron chi connectivity index (χ4n) is 1.57. The van der Waals surface area contributed by atoms with E-state index >= 15 is 0 Å². The van der Waals surface area contributed by atoms with Gasteiger partial charge < -0.3 is 10.4 Å². The van der Waals surface area contributed by atoms with E-state index in [0.717, 1.165) is 22.0 Å². The van der Waals surface area contributed by atoms with Gasteiger partial charge in [0, 0.05) is 36.6 Å². The van der Waals surface area contributed by atoms with E-state index in [-0.39, 0.29) is 12.5 Å². The summed E-state index contributed by atoms with van der Waals surface area (Å²) in [6, 6.07) is 7.55. The van der Waals surface area contributed by atoms with Gasteiger partial charge in [-0.25, -0.2) is 4.98 Å². The van der Waals surface area contributed by atoms with Gasteiger partial charge in [-0.1, -0.05) is 0 Å². The van der Waals surface area contributed by atoms with Gasteiger partial charge in [0.2, 0.25) is 5.91 Å². The lowest BCUT2D eigenvalue weighted by atomic mass is 10.2. The number of anilines is 1. The smallest absolute Gasteiger partial charge is 0.221 e. The van der Waals surface area contributed by atoms with Crippen molar-refractivity contribution in [2.24, 2.45) is 0 Å². The van der Waals surface area contributed by atoms with Crippen LogP contribution in [-0.4, -0.2) is 22.6 Å². The molecule has 94 valence electrons. The molecular formula is C13H14N2O2S. The molecule has 2 rings (SSSR count). The Labute approximate surface area is 109 Å². The SMILES string of the molecule is CC(=O)Nc1ccc(-c2nc(CCO)cs2)cc1. The van der Waals surface area contributed by atoms with Crippen LogP contribution in [0.5, 0.6) is 0 Å². The van der Waals surface area contributed by atoms with Gasteiger partial charge in [-0.15, -0.1) is 11.3 Å². The zero-order valence-electron chi connectivity index (χ0n) is 10.0. The van der Waals surface area contributed by atoms with Gasteiger partial charge in [-0.2, -0.15) is 0 Å². The van der Waals surface area contributed by atoms with Crippen molar-refractivity contribution >= 4 is 22.9 Å². The molecule has 1 amide bonds. The number of rotatable bonds is 4. The monoisotopic (exact) mass is 262 g/mol. The molecule has 0 aliphatic rings. The van der Waals surface area contributed by atoms with Crippen LogP contribution in [0.1, 0.15) is 12.6 Å². The number of amides is 1. The van der Waals surface area contributed by atoms with Crippen LogP contribution in [0.2, 0.25) is 0 Å². The molecule has 1 aromatic carbocycles. The van der Waals surface area contributed by atoms with Gasteiger partial charge in [-0.3, -0.25) is 4.79 Å². The highest BCUT2D eigenvalue weighted by Crippen LogP contribution is 2.25. The zero-order chi connectivity index (χ0) is 13.0. The first-order valence-electron chi connectivity index (χ1n) is 5.62. The summed E-state index contributed by atoms with van der Waals surface area (Å²) in [7, 11) is 0. The number of aromatic nitrogens is 1.